The van der Waals surface area contributed by atoms with Gasteiger partial charge in [0.05, 0.1) is 14.2 Å². The summed E-state index contributed by atoms with van der Waals surface area (Å²) in [4.78, 5) is 2.12. The summed E-state index contributed by atoms with van der Waals surface area (Å²) in [6.45, 7) is 0.918. The largest absolute Gasteiger partial charge is 0.491 e. The van der Waals surface area contributed by atoms with E-state index in [1.807, 2.05) is 30.3 Å². The minimum Gasteiger partial charge on any atom is -0.491 e. The number of likely N-dealkylation sites (tertiary alicyclic amines) is 1. The molecule has 1 heterocycles. The van der Waals surface area contributed by atoms with E-state index in [9.17, 15) is 0 Å². The van der Waals surface area contributed by atoms with E-state index in [0.717, 1.165) is 36.6 Å². The number of ether oxygens (including phenoxy) is 3. The molecular formula is C15H21NO3. The van der Waals surface area contributed by atoms with Crippen molar-refractivity contribution in [1.82, 2.24) is 4.90 Å². The first-order chi connectivity index (χ1) is 9.31. The van der Waals surface area contributed by atoms with Gasteiger partial charge in [-0.3, -0.25) is 0 Å². The number of hydrogen-bond acceptors (Lipinski definition) is 4. The standard InChI is InChI=1S/C15H21NO3/c1-17-13-10-7-11-16(13)15(19-3)14(18-2)12-8-5-4-6-9-12/h4-6,8-9,13H,7,10-11H2,1-3H3/b15-14+. The molecule has 104 valence electrons. The number of benzene rings is 1. The molecule has 0 spiro atoms. The maximum atomic E-state index is 5.57. The molecule has 0 aliphatic carbocycles. The van der Waals surface area contributed by atoms with Crippen molar-refractivity contribution in [3.63, 3.8) is 0 Å². The van der Waals surface area contributed by atoms with Gasteiger partial charge in [0.25, 0.3) is 0 Å². The van der Waals surface area contributed by atoms with Crippen molar-refractivity contribution in [2.45, 2.75) is 19.1 Å². The van der Waals surface area contributed by atoms with Crippen LogP contribution in [0, 0.1) is 0 Å². The molecule has 0 bridgehead atoms. The predicted octanol–water partition coefficient (Wildman–Crippen LogP) is 2.67. The number of nitrogens with zero attached hydrogens (tertiary/aromatic N) is 1. The Morgan fingerprint density at radius 3 is 2.42 bits per heavy atom. The topological polar surface area (TPSA) is 30.9 Å². The molecule has 2 rings (SSSR count). The summed E-state index contributed by atoms with van der Waals surface area (Å²) >= 11 is 0. The molecule has 0 saturated carbocycles. The first-order valence-corrected chi connectivity index (χ1v) is 6.49. The van der Waals surface area contributed by atoms with Gasteiger partial charge in [0.15, 0.2) is 5.76 Å². The molecule has 0 amide bonds. The molecule has 4 nitrogen and oxygen atoms in total. The van der Waals surface area contributed by atoms with Crippen LogP contribution in [0.5, 0.6) is 0 Å². The minimum absolute atomic E-state index is 0.0591. The van der Waals surface area contributed by atoms with E-state index in [-0.39, 0.29) is 6.23 Å². The molecule has 1 aromatic carbocycles. The summed E-state index contributed by atoms with van der Waals surface area (Å²) in [5.41, 5.74) is 1.00. The Morgan fingerprint density at radius 2 is 1.84 bits per heavy atom. The van der Waals surface area contributed by atoms with Crippen LogP contribution in [0.1, 0.15) is 18.4 Å². The third-order valence-electron chi connectivity index (χ3n) is 3.36. The van der Waals surface area contributed by atoms with Gasteiger partial charge in [-0.1, -0.05) is 30.3 Å². The summed E-state index contributed by atoms with van der Waals surface area (Å²) < 4.78 is 16.6. The Hall–Kier alpha value is -1.68. The zero-order chi connectivity index (χ0) is 13.7. The molecule has 19 heavy (non-hydrogen) atoms. The van der Waals surface area contributed by atoms with Crippen LogP contribution in [-0.4, -0.2) is 39.0 Å². The van der Waals surface area contributed by atoms with Gasteiger partial charge in [0.1, 0.15) is 6.23 Å². The van der Waals surface area contributed by atoms with Crippen LogP contribution in [0.15, 0.2) is 36.2 Å². The van der Waals surface area contributed by atoms with E-state index in [1.54, 1.807) is 21.3 Å². The second-order valence-corrected chi connectivity index (χ2v) is 4.43. The molecule has 1 unspecified atom stereocenters. The van der Waals surface area contributed by atoms with Gasteiger partial charge in [0, 0.05) is 19.2 Å². The molecule has 1 saturated heterocycles. The van der Waals surface area contributed by atoms with Crippen LogP contribution in [0.2, 0.25) is 0 Å². The van der Waals surface area contributed by atoms with Crippen molar-refractivity contribution < 1.29 is 14.2 Å². The fourth-order valence-electron chi connectivity index (χ4n) is 2.47. The van der Waals surface area contributed by atoms with Gasteiger partial charge in [0.2, 0.25) is 5.88 Å². The van der Waals surface area contributed by atoms with Gasteiger partial charge >= 0.3 is 0 Å². The van der Waals surface area contributed by atoms with E-state index in [1.165, 1.54) is 0 Å². The molecule has 1 aliphatic heterocycles. The van der Waals surface area contributed by atoms with Crippen LogP contribution in [0.25, 0.3) is 5.76 Å². The molecule has 1 atom stereocenters. The Morgan fingerprint density at radius 1 is 1.11 bits per heavy atom. The maximum Gasteiger partial charge on any atom is 0.235 e. The van der Waals surface area contributed by atoms with Crippen LogP contribution >= 0.6 is 0 Å². The molecule has 0 radical (unpaired) electrons. The second-order valence-electron chi connectivity index (χ2n) is 4.43. The van der Waals surface area contributed by atoms with Crippen LogP contribution < -0.4 is 0 Å². The fraction of sp³-hybridized carbons (Fsp3) is 0.467. The van der Waals surface area contributed by atoms with Gasteiger partial charge in [-0.15, -0.1) is 0 Å². The lowest BCUT2D eigenvalue weighted by molar-refractivity contribution is -0.0172. The van der Waals surface area contributed by atoms with Gasteiger partial charge in [-0.05, 0) is 12.8 Å². The van der Waals surface area contributed by atoms with Crippen molar-refractivity contribution in [1.29, 1.82) is 0 Å². The zero-order valence-electron chi connectivity index (χ0n) is 11.8. The lowest BCUT2D eigenvalue weighted by atomic mass is 10.2. The Bertz CT molecular complexity index is 430. The lowest BCUT2D eigenvalue weighted by Gasteiger charge is -2.28. The van der Waals surface area contributed by atoms with Gasteiger partial charge < -0.3 is 19.1 Å². The normalized spacial score (nSPS) is 20.2. The zero-order valence-corrected chi connectivity index (χ0v) is 11.8. The maximum absolute atomic E-state index is 5.57. The van der Waals surface area contributed by atoms with Crippen molar-refractivity contribution in [2.24, 2.45) is 0 Å². The molecule has 0 aromatic heterocycles. The highest BCUT2D eigenvalue weighted by Gasteiger charge is 2.29. The fourth-order valence-corrected chi connectivity index (χ4v) is 2.47. The monoisotopic (exact) mass is 263 g/mol. The van der Waals surface area contributed by atoms with E-state index < -0.39 is 0 Å². The Kier molecular flexibility index (Phi) is 4.68. The highest BCUT2D eigenvalue weighted by Crippen LogP contribution is 2.29. The third kappa shape index (κ3) is 2.84. The van der Waals surface area contributed by atoms with E-state index in [0.29, 0.717) is 0 Å². The highest BCUT2D eigenvalue weighted by atomic mass is 16.5. The summed E-state index contributed by atoms with van der Waals surface area (Å²) in [5.74, 6) is 1.48. The van der Waals surface area contributed by atoms with E-state index in [2.05, 4.69) is 4.90 Å². The number of hydrogen-bond donors (Lipinski definition) is 0. The van der Waals surface area contributed by atoms with Gasteiger partial charge in [-0.25, -0.2) is 0 Å². The summed E-state index contributed by atoms with van der Waals surface area (Å²) in [6.07, 6.45) is 2.16. The average molecular weight is 263 g/mol. The summed E-state index contributed by atoms with van der Waals surface area (Å²) in [7, 11) is 5.06. The molecule has 4 heteroatoms. The van der Waals surface area contributed by atoms with Crippen LogP contribution in [0.4, 0.5) is 0 Å². The smallest absolute Gasteiger partial charge is 0.235 e. The number of methoxy groups -OCH3 is 3. The second kappa shape index (κ2) is 6.48. The first kappa shape index (κ1) is 13.7. The molecule has 1 aliphatic rings. The first-order valence-electron chi connectivity index (χ1n) is 6.49. The molecule has 1 fully saturated rings. The third-order valence-corrected chi connectivity index (χ3v) is 3.36. The molecule has 1 aromatic rings. The summed E-state index contributed by atoms with van der Waals surface area (Å²) in [5, 5.41) is 0. The van der Waals surface area contributed by atoms with Crippen LogP contribution in [-0.2, 0) is 14.2 Å². The van der Waals surface area contributed by atoms with Crippen molar-refractivity contribution in [2.75, 3.05) is 27.9 Å². The lowest BCUT2D eigenvalue weighted by Crippen LogP contribution is -2.31. The summed E-state index contributed by atoms with van der Waals surface area (Å²) in [6, 6.07) is 9.97. The van der Waals surface area contributed by atoms with Crippen LogP contribution in [0.3, 0.4) is 0 Å². The quantitative estimate of drug-likeness (QED) is 0.764. The van der Waals surface area contributed by atoms with Crippen molar-refractivity contribution >= 4 is 5.76 Å². The Balaban J connectivity index is 2.38. The van der Waals surface area contributed by atoms with E-state index >= 15 is 0 Å². The van der Waals surface area contributed by atoms with Crippen molar-refractivity contribution in [3.05, 3.63) is 41.8 Å². The van der Waals surface area contributed by atoms with Crippen molar-refractivity contribution in [3.8, 4) is 0 Å². The molecule has 0 N–H and O–H groups in total. The highest BCUT2D eigenvalue weighted by molar-refractivity contribution is 5.61. The average Bonchev–Trinajstić information content (AvgIpc) is 2.93. The predicted molar refractivity (Wildman–Crippen MR) is 74.1 cm³/mol. The number of rotatable bonds is 5. The van der Waals surface area contributed by atoms with E-state index in [4.69, 9.17) is 14.2 Å². The Labute approximate surface area is 114 Å². The minimum atomic E-state index is 0.0591. The van der Waals surface area contributed by atoms with Gasteiger partial charge in [-0.2, -0.15) is 0 Å². The molecular weight excluding hydrogens is 242 g/mol. The SMILES string of the molecule is CO/C(=C(/OC)N1CCCC1OC)c1ccccc1.